The summed E-state index contributed by atoms with van der Waals surface area (Å²) in [5.41, 5.74) is 1.47. The van der Waals surface area contributed by atoms with Crippen molar-refractivity contribution in [3.63, 3.8) is 0 Å². The number of amides is 1. The summed E-state index contributed by atoms with van der Waals surface area (Å²) >= 11 is 15.6. The highest BCUT2D eigenvalue weighted by molar-refractivity contribution is 14.1. The lowest BCUT2D eigenvalue weighted by atomic mass is 10.3. The highest BCUT2D eigenvalue weighted by Crippen LogP contribution is 2.26. The molecule has 1 amide bonds. The van der Waals surface area contributed by atoms with Gasteiger partial charge < -0.3 is 15.2 Å². The first kappa shape index (κ1) is 22.9. The molecule has 0 spiro atoms. The fourth-order valence-corrected chi connectivity index (χ4v) is 3.99. The van der Waals surface area contributed by atoms with Crippen LogP contribution in [0, 0.1) is 3.57 Å². The van der Waals surface area contributed by atoms with E-state index in [1.54, 1.807) is 24.3 Å². The van der Waals surface area contributed by atoms with Crippen molar-refractivity contribution in [2.45, 2.75) is 18.2 Å². The Morgan fingerprint density at radius 1 is 1.20 bits per heavy atom. The van der Waals surface area contributed by atoms with E-state index in [1.807, 2.05) is 28.8 Å². The summed E-state index contributed by atoms with van der Waals surface area (Å²) in [5.74, 6) is 0.702. The van der Waals surface area contributed by atoms with Gasteiger partial charge in [0, 0.05) is 20.8 Å². The van der Waals surface area contributed by atoms with Gasteiger partial charge in [-0.05, 0) is 65.1 Å². The molecule has 0 aliphatic heterocycles. The van der Waals surface area contributed by atoms with Crippen LogP contribution in [-0.4, -0.2) is 26.4 Å². The molecular weight excluding hydrogens is 556 g/mol. The molecule has 0 saturated heterocycles. The maximum Gasteiger partial charge on any atom is 0.234 e. The molecule has 0 saturated carbocycles. The first-order valence-corrected chi connectivity index (χ1v) is 11.7. The lowest BCUT2D eigenvalue weighted by Crippen LogP contribution is -2.15. The molecule has 2 aromatic carbocycles. The van der Waals surface area contributed by atoms with Gasteiger partial charge in [0.2, 0.25) is 5.91 Å². The van der Waals surface area contributed by atoms with E-state index in [4.69, 9.17) is 23.2 Å². The predicted octanol–water partition coefficient (Wildman–Crippen LogP) is 5.72. The van der Waals surface area contributed by atoms with Gasteiger partial charge in [0.1, 0.15) is 0 Å². The molecule has 0 radical (unpaired) electrons. The normalized spacial score (nSPS) is 10.6. The van der Waals surface area contributed by atoms with Crippen molar-refractivity contribution in [1.29, 1.82) is 0 Å². The second-order valence-corrected chi connectivity index (χ2v) is 9.15. The molecule has 10 heteroatoms. The highest BCUT2D eigenvalue weighted by atomic mass is 127. The van der Waals surface area contributed by atoms with Gasteiger partial charge in [-0.2, -0.15) is 0 Å². The van der Waals surface area contributed by atoms with E-state index in [0.29, 0.717) is 34.0 Å². The number of carbonyl (C=O) groups is 1. The van der Waals surface area contributed by atoms with Gasteiger partial charge in [-0.1, -0.05) is 41.0 Å². The summed E-state index contributed by atoms with van der Waals surface area (Å²) < 4.78 is 3.10. The Morgan fingerprint density at radius 2 is 1.97 bits per heavy atom. The Hall–Kier alpha value is -1.75. The first-order valence-electron chi connectivity index (χ1n) is 8.86. The predicted molar refractivity (Wildman–Crippen MR) is 133 cm³/mol. The van der Waals surface area contributed by atoms with Crippen LogP contribution < -0.4 is 10.6 Å². The monoisotopic (exact) mass is 573 g/mol. The molecule has 0 atom stereocenters. The molecule has 156 valence electrons. The summed E-state index contributed by atoms with van der Waals surface area (Å²) in [4.78, 5) is 12.3. The average Bonchev–Trinajstić information content (AvgIpc) is 3.11. The van der Waals surface area contributed by atoms with Gasteiger partial charge in [0.05, 0.1) is 23.0 Å². The van der Waals surface area contributed by atoms with Crippen LogP contribution in [0.3, 0.4) is 0 Å². The number of rotatable bonds is 9. The molecule has 0 unspecified atom stereocenters. The molecule has 2 N–H and O–H groups in total. The van der Waals surface area contributed by atoms with Gasteiger partial charge in [-0.25, -0.2) is 0 Å². The van der Waals surface area contributed by atoms with Crippen LogP contribution in [0.1, 0.15) is 5.82 Å². The quantitative estimate of drug-likeness (QED) is 0.195. The number of hydrogen-bond acceptors (Lipinski definition) is 5. The fraction of sp³-hybridized carbons (Fsp3) is 0.150. The minimum absolute atomic E-state index is 0.155. The molecule has 1 heterocycles. The summed E-state index contributed by atoms with van der Waals surface area (Å²) in [5, 5.41) is 16.2. The zero-order valence-electron chi connectivity index (χ0n) is 15.7. The SMILES string of the molecule is C=CCn1c(CNc2ccc(I)cc2)nnc1SCC(=O)Nc1cc(Cl)ccc1Cl. The van der Waals surface area contributed by atoms with Gasteiger partial charge >= 0.3 is 0 Å². The molecule has 3 aromatic rings. The summed E-state index contributed by atoms with van der Waals surface area (Å²) in [6.07, 6.45) is 1.77. The Balaban J connectivity index is 1.62. The molecule has 1 aromatic heterocycles. The van der Waals surface area contributed by atoms with Crippen LogP contribution in [0.15, 0.2) is 60.3 Å². The van der Waals surface area contributed by atoms with Crippen molar-refractivity contribution < 1.29 is 4.79 Å². The largest absolute Gasteiger partial charge is 0.378 e. The lowest BCUT2D eigenvalue weighted by Gasteiger charge is -2.10. The number of thioether (sulfide) groups is 1. The molecule has 30 heavy (non-hydrogen) atoms. The number of anilines is 2. The van der Waals surface area contributed by atoms with Crippen molar-refractivity contribution in [3.8, 4) is 0 Å². The summed E-state index contributed by atoms with van der Waals surface area (Å²) in [7, 11) is 0. The number of nitrogens with one attached hydrogen (secondary N) is 2. The molecule has 0 bridgehead atoms. The van der Waals surface area contributed by atoms with Crippen LogP contribution >= 0.6 is 57.6 Å². The lowest BCUT2D eigenvalue weighted by molar-refractivity contribution is -0.113. The van der Waals surface area contributed by atoms with Crippen LogP contribution in [-0.2, 0) is 17.9 Å². The molecule has 6 nitrogen and oxygen atoms in total. The van der Waals surface area contributed by atoms with E-state index >= 15 is 0 Å². The van der Waals surface area contributed by atoms with Crippen LogP contribution in [0.2, 0.25) is 10.0 Å². The molecule has 0 aliphatic rings. The number of hydrogen-bond donors (Lipinski definition) is 2. The average molecular weight is 574 g/mol. The number of aromatic nitrogens is 3. The van der Waals surface area contributed by atoms with E-state index in [-0.39, 0.29) is 11.7 Å². The molecular formula is C20H18Cl2IN5OS. The van der Waals surface area contributed by atoms with E-state index < -0.39 is 0 Å². The maximum absolute atomic E-state index is 12.3. The second kappa shape index (κ2) is 11.0. The molecule has 0 fully saturated rings. The van der Waals surface area contributed by atoms with Gasteiger partial charge in [0.15, 0.2) is 11.0 Å². The Bertz CT molecular complexity index is 1040. The van der Waals surface area contributed by atoms with E-state index in [9.17, 15) is 4.79 Å². The van der Waals surface area contributed by atoms with Gasteiger partial charge in [-0.15, -0.1) is 16.8 Å². The van der Waals surface area contributed by atoms with Gasteiger partial charge in [0.25, 0.3) is 0 Å². The topological polar surface area (TPSA) is 71.8 Å². The smallest absolute Gasteiger partial charge is 0.234 e. The van der Waals surface area contributed by atoms with E-state index in [0.717, 1.165) is 11.5 Å². The zero-order valence-corrected chi connectivity index (χ0v) is 20.2. The summed E-state index contributed by atoms with van der Waals surface area (Å²) in [6, 6.07) is 13.0. The van der Waals surface area contributed by atoms with E-state index in [2.05, 4.69) is 50.0 Å². The second-order valence-electron chi connectivity index (χ2n) is 6.12. The maximum atomic E-state index is 12.3. The van der Waals surface area contributed by atoms with Crippen molar-refractivity contribution in [2.24, 2.45) is 0 Å². The Kier molecular flexibility index (Phi) is 8.43. The highest BCUT2D eigenvalue weighted by Gasteiger charge is 2.14. The standard InChI is InChI=1S/C20H18Cl2IN5OS/c1-2-9-28-18(11-24-15-6-4-14(23)5-7-15)26-27-20(28)30-12-19(29)25-17-10-13(21)3-8-16(17)22/h2-8,10,24H,1,9,11-12H2,(H,25,29). The number of carbonyl (C=O) groups excluding carboxylic acids is 1. The van der Waals surface area contributed by atoms with Crippen LogP contribution in [0.4, 0.5) is 11.4 Å². The first-order chi connectivity index (χ1) is 14.5. The number of nitrogens with zero attached hydrogens (tertiary/aromatic N) is 3. The van der Waals surface area contributed by atoms with E-state index in [1.165, 1.54) is 15.3 Å². The van der Waals surface area contributed by atoms with Gasteiger partial charge in [-0.3, -0.25) is 4.79 Å². The minimum atomic E-state index is -0.212. The third-order valence-corrected chi connectivity index (χ3v) is 6.19. The third-order valence-electron chi connectivity index (χ3n) is 3.93. The molecule has 0 aliphatic carbocycles. The van der Waals surface area contributed by atoms with Crippen LogP contribution in [0.5, 0.6) is 0 Å². The minimum Gasteiger partial charge on any atom is -0.378 e. The summed E-state index contributed by atoms with van der Waals surface area (Å²) in [6.45, 7) is 4.85. The number of halogens is 3. The van der Waals surface area contributed by atoms with Crippen molar-refractivity contribution in [2.75, 3.05) is 16.4 Å². The van der Waals surface area contributed by atoms with Crippen molar-refractivity contribution in [1.82, 2.24) is 14.8 Å². The van der Waals surface area contributed by atoms with Crippen LogP contribution in [0.25, 0.3) is 0 Å². The number of benzene rings is 2. The molecule has 3 rings (SSSR count). The zero-order chi connectivity index (χ0) is 21.5. The van der Waals surface area contributed by atoms with Crippen molar-refractivity contribution >= 4 is 74.8 Å². The Labute approximate surface area is 202 Å². The van der Waals surface area contributed by atoms with Crippen molar-refractivity contribution in [3.05, 3.63) is 74.6 Å². The third kappa shape index (κ3) is 6.37. The fourth-order valence-electron chi connectivity index (χ4n) is 2.53. The Morgan fingerprint density at radius 3 is 2.70 bits per heavy atom. The number of allylic oxidation sites excluding steroid dienone is 1.